The lowest BCUT2D eigenvalue weighted by Crippen LogP contribution is -2.42. The summed E-state index contributed by atoms with van der Waals surface area (Å²) < 4.78 is 0. The van der Waals surface area contributed by atoms with Crippen LogP contribution in [0.1, 0.15) is 19.4 Å². The average Bonchev–Trinajstić information content (AvgIpc) is 2.20. The van der Waals surface area contributed by atoms with Crippen LogP contribution < -0.4 is 5.32 Å². The van der Waals surface area contributed by atoms with Gasteiger partial charge in [0.25, 0.3) is 0 Å². The molecule has 14 heavy (non-hydrogen) atoms. The van der Waals surface area contributed by atoms with Crippen LogP contribution in [0.5, 0.6) is 0 Å². The first-order valence-corrected chi connectivity index (χ1v) is 4.90. The highest BCUT2D eigenvalue weighted by Gasteiger charge is 2.22. The van der Waals surface area contributed by atoms with Crippen molar-refractivity contribution in [2.24, 2.45) is 0 Å². The summed E-state index contributed by atoms with van der Waals surface area (Å²) in [4.78, 5) is 0. The standard InChI is InChI=1S/C12H16N2/c1-3-14-12(2,10-13)9-11-7-5-4-6-8-11/h4-8,14H,3,9H2,1-2H3. The van der Waals surface area contributed by atoms with Gasteiger partial charge in [-0.2, -0.15) is 5.26 Å². The third-order valence-electron chi connectivity index (χ3n) is 2.21. The van der Waals surface area contributed by atoms with Crippen molar-refractivity contribution in [1.82, 2.24) is 5.32 Å². The number of benzene rings is 1. The minimum Gasteiger partial charge on any atom is -0.300 e. The van der Waals surface area contributed by atoms with Gasteiger partial charge in [-0.15, -0.1) is 0 Å². The molecule has 0 heterocycles. The van der Waals surface area contributed by atoms with Gasteiger partial charge in [-0.3, -0.25) is 5.32 Å². The fourth-order valence-corrected chi connectivity index (χ4v) is 1.54. The largest absolute Gasteiger partial charge is 0.300 e. The zero-order valence-electron chi connectivity index (χ0n) is 8.75. The minimum absolute atomic E-state index is 0.448. The molecule has 0 radical (unpaired) electrons. The van der Waals surface area contributed by atoms with E-state index in [2.05, 4.69) is 11.4 Å². The van der Waals surface area contributed by atoms with E-state index in [-0.39, 0.29) is 0 Å². The predicted octanol–water partition coefficient (Wildman–Crippen LogP) is 2.12. The van der Waals surface area contributed by atoms with E-state index in [4.69, 9.17) is 5.26 Å². The van der Waals surface area contributed by atoms with Gasteiger partial charge < -0.3 is 0 Å². The molecule has 0 fully saturated rings. The Bertz CT molecular complexity index is 313. The minimum atomic E-state index is -0.448. The van der Waals surface area contributed by atoms with Crippen LogP contribution in [0, 0.1) is 11.3 Å². The number of nitrogens with one attached hydrogen (secondary N) is 1. The molecular weight excluding hydrogens is 172 g/mol. The lowest BCUT2D eigenvalue weighted by molar-refractivity contribution is 0.458. The molecule has 0 saturated carbocycles. The zero-order valence-corrected chi connectivity index (χ0v) is 8.75. The topological polar surface area (TPSA) is 35.8 Å². The molecule has 0 saturated heterocycles. The first-order valence-electron chi connectivity index (χ1n) is 4.90. The summed E-state index contributed by atoms with van der Waals surface area (Å²) in [5.74, 6) is 0. The first kappa shape index (κ1) is 10.7. The van der Waals surface area contributed by atoms with Crippen molar-refractivity contribution < 1.29 is 0 Å². The molecule has 1 unspecified atom stereocenters. The lowest BCUT2D eigenvalue weighted by Gasteiger charge is -2.22. The molecule has 2 heteroatoms. The third-order valence-corrected chi connectivity index (χ3v) is 2.21. The van der Waals surface area contributed by atoms with Gasteiger partial charge in [0.05, 0.1) is 6.07 Å². The van der Waals surface area contributed by atoms with Crippen LogP contribution in [-0.2, 0) is 6.42 Å². The van der Waals surface area contributed by atoms with Crippen molar-refractivity contribution in [1.29, 1.82) is 5.26 Å². The van der Waals surface area contributed by atoms with Crippen molar-refractivity contribution in [3.05, 3.63) is 35.9 Å². The molecule has 1 N–H and O–H groups in total. The highest BCUT2D eigenvalue weighted by Crippen LogP contribution is 2.11. The van der Waals surface area contributed by atoms with Gasteiger partial charge in [-0.05, 0) is 19.0 Å². The zero-order chi connectivity index (χ0) is 10.4. The summed E-state index contributed by atoms with van der Waals surface area (Å²) >= 11 is 0. The summed E-state index contributed by atoms with van der Waals surface area (Å²) in [7, 11) is 0. The second kappa shape index (κ2) is 4.78. The molecule has 74 valence electrons. The van der Waals surface area contributed by atoms with Crippen molar-refractivity contribution in [3.63, 3.8) is 0 Å². The summed E-state index contributed by atoms with van der Waals surface area (Å²) in [6, 6.07) is 12.4. The molecule has 1 aromatic carbocycles. The summed E-state index contributed by atoms with van der Waals surface area (Å²) in [5, 5.41) is 12.3. The second-order valence-electron chi connectivity index (χ2n) is 3.64. The number of nitrogens with zero attached hydrogens (tertiary/aromatic N) is 1. The van der Waals surface area contributed by atoms with Crippen molar-refractivity contribution >= 4 is 0 Å². The second-order valence-corrected chi connectivity index (χ2v) is 3.64. The van der Waals surface area contributed by atoms with Gasteiger partial charge in [0.2, 0.25) is 0 Å². The molecule has 0 amide bonds. The van der Waals surface area contributed by atoms with Crippen LogP contribution in [0.2, 0.25) is 0 Å². The molecule has 0 aromatic heterocycles. The van der Waals surface area contributed by atoms with Gasteiger partial charge in [-0.25, -0.2) is 0 Å². The Morgan fingerprint density at radius 2 is 2.00 bits per heavy atom. The quantitative estimate of drug-likeness (QED) is 0.785. The van der Waals surface area contributed by atoms with Gasteiger partial charge >= 0.3 is 0 Å². The van der Waals surface area contributed by atoms with Gasteiger partial charge in [-0.1, -0.05) is 37.3 Å². The maximum absolute atomic E-state index is 9.07. The number of rotatable bonds is 4. The highest BCUT2D eigenvalue weighted by atomic mass is 14.9. The Hall–Kier alpha value is -1.33. The lowest BCUT2D eigenvalue weighted by atomic mass is 9.94. The molecule has 0 aliphatic heterocycles. The average molecular weight is 188 g/mol. The van der Waals surface area contributed by atoms with Crippen molar-refractivity contribution in [2.75, 3.05) is 6.54 Å². The van der Waals surface area contributed by atoms with E-state index in [0.29, 0.717) is 0 Å². The SMILES string of the molecule is CCNC(C)(C#N)Cc1ccccc1. The maximum atomic E-state index is 9.07. The Kier molecular flexibility index (Phi) is 3.67. The van der Waals surface area contributed by atoms with Crippen LogP contribution in [0.25, 0.3) is 0 Å². The van der Waals surface area contributed by atoms with Crippen LogP contribution in [0.4, 0.5) is 0 Å². The van der Waals surface area contributed by atoms with E-state index in [1.54, 1.807) is 0 Å². The summed E-state index contributed by atoms with van der Waals surface area (Å²) in [6.07, 6.45) is 0.748. The summed E-state index contributed by atoms with van der Waals surface area (Å²) in [6.45, 7) is 4.76. The monoisotopic (exact) mass is 188 g/mol. The molecule has 0 aliphatic carbocycles. The molecule has 1 aromatic rings. The molecule has 0 aliphatic rings. The van der Waals surface area contributed by atoms with E-state index >= 15 is 0 Å². The van der Waals surface area contributed by atoms with E-state index in [1.807, 2.05) is 44.2 Å². The molecular formula is C12H16N2. The Morgan fingerprint density at radius 1 is 1.36 bits per heavy atom. The Morgan fingerprint density at radius 3 is 2.50 bits per heavy atom. The van der Waals surface area contributed by atoms with Crippen molar-refractivity contribution in [2.45, 2.75) is 25.8 Å². The fraction of sp³-hybridized carbons (Fsp3) is 0.417. The third kappa shape index (κ3) is 2.86. The Balaban J connectivity index is 2.72. The molecule has 0 bridgehead atoms. The summed E-state index contributed by atoms with van der Waals surface area (Å²) in [5.41, 5.74) is 0.744. The van der Waals surface area contributed by atoms with Crippen LogP contribution >= 0.6 is 0 Å². The normalized spacial score (nSPS) is 14.4. The molecule has 1 rings (SSSR count). The van der Waals surface area contributed by atoms with Crippen LogP contribution in [0.15, 0.2) is 30.3 Å². The molecule has 1 atom stereocenters. The van der Waals surface area contributed by atoms with Gasteiger partial charge in [0, 0.05) is 6.42 Å². The van der Waals surface area contributed by atoms with Crippen LogP contribution in [-0.4, -0.2) is 12.1 Å². The number of likely N-dealkylation sites (N-methyl/N-ethyl adjacent to an activating group) is 1. The number of hydrogen-bond acceptors (Lipinski definition) is 2. The van der Waals surface area contributed by atoms with E-state index in [9.17, 15) is 0 Å². The van der Waals surface area contributed by atoms with E-state index < -0.39 is 5.54 Å². The number of hydrogen-bond donors (Lipinski definition) is 1. The van der Waals surface area contributed by atoms with Crippen LogP contribution in [0.3, 0.4) is 0 Å². The smallest absolute Gasteiger partial charge is 0.107 e. The fourth-order valence-electron chi connectivity index (χ4n) is 1.54. The van der Waals surface area contributed by atoms with Crippen molar-refractivity contribution in [3.8, 4) is 6.07 Å². The number of nitriles is 1. The van der Waals surface area contributed by atoms with E-state index in [1.165, 1.54) is 5.56 Å². The van der Waals surface area contributed by atoms with Gasteiger partial charge in [0.15, 0.2) is 0 Å². The maximum Gasteiger partial charge on any atom is 0.107 e. The highest BCUT2D eigenvalue weighted by molar-refractivity contribution is 5.21. The molecule has 0 spiro atoms. The Labute approximate surface area is 85.6 Å². The van der Waals surface area contributed by atoms with E-state index in [0.717, 1.165) is 13.0 Å². The van der Waals surface area contributed by atoms with Gasteiger partial charge in [0.1, 0.15) is 5.54 Å². The predicted molar refractivity (Wildman–Crippen MR) is 57.8 cm³/mol. The molecule has 2 nitrogen and oxygen atoms in total. The first-order chi connectivity index (χ1) is 6.70.